The van der Waals surface area contributed by atoms with Crippen LogP contribution in [0.5, 0.6) is 0 Å². The van der Waals surface area contributed by atoms with Crippen molar-refractivity contribution in [2.75, 3.05) is 24.3 Å². The molecule has 0 aliphatic carbocycles. The fourth-order valence-corrected chi connectivity index (χ4v) is 2.16. The summed E-state index contributed by atoms with van der Waals surface area (Å²) in [7, 11) is 3.85. The zero-order chi connectivity index (χ0) is 14.8. The van der Waals surface area contributed by atoms with Gasteiger partial charge < -0.3 is 10.2 Å². The molecule has 0 fully saturated rings. The van der Waals surface area contributed by atoms with Crippen LogP contribution in [0.2, 0.25) is 5.02 Å². The Labute approximate surface area is 128 Å². The second-order valence-corrected chi connectivity index (χ2v) is 5.35. The minimum atomic E-state index is 0.671. The lowest BCUT2D eigenvalue weighted by molar-refractivity contribution is 1.02. The molecule has 0 amide bonds. The number of para-hydroxylation sites is 1. The molecular weight excluding hydrogens is 284 g/mol. The summed E-state index contributed by atoms with van der Waals surface area (Å²) in [6, 6.07) is 15.5. The van der Waals surface area contributed by atoms with E-state index < -0.39 is 0 Å². The molecule has 106 valence electrons. The monoisotopic (exact) mass is 298 g/mol. The number of halogens is 1. The van der Waals surface area contributed by atoms with Crippen LogP contribution in [0.4, 0.5) is 17.5 Å². The summed E-state index contributed by atoms with van der Waals surface area (Å²) >= 11 is 5.92. The van der Waals surface area contributed by atoms with Crippen molar-refractivity contribution in [2.24, 2.45) is 0 Å². The normalized spacial score (nSPS) is 10.6. The first-order valence-corrected chi connectivity index (χ1v) is 6.98. The third-order valence-corrected chi connectivity index (χ3v) is 3.35. The molecule has 0 radical (unpaired) electrons. The number of hydrogen-bond donors (Lipinski definition) is 1. The number of rotatable bonds is 3. The minimum Gasteiger partial charge on any atom is -0.347 e. The fraction of sp³-hybridized carbons (Fsp3) is 0.125. The number of benzene rings is 2. The predicted molar refractivity (Wildman–Crippen MR) is 88.6 cm³/mol. The van der Waals surface area contributed by atoms with Crippen LogP contribution in [-0.2, 0) is 0 Å². The molecule has 0 spiro atoms. The van der Waals surface area contributed by atoms with Crippen molar-refractivity contribution >= 4 is 40.0 Å². The highest BCUT2D eigenvalue weighted by atomic mass is 35.5. The van der Waals surface area contributed by atoms with Crippen LogP contribution in [0.3, 0.4) is 0 Å². The molecule has 1 heterocycles. The average Bonchev–Trinajstić information content (AvgIpc) is 2.49. The molecule has 0 saturated carbocycles. The van der Waals surface area contributed by atoms with Crippen molar-refractivity contribution in [3.63, 3.8) is 0 Å². The zero-order valence-corrected chi connectivity index (χ0v) is 12.6. The second kappa shape index (κ2) is 5.58. The minimum absolute atomic E-state index is 0.671. The highest BCUT2D eigenvalue weighted by Gasteiger charge is 2.09. The van der Waals surface area contributed by atoms with Crippen LogP contribution < -0.4 is 10.2 Å². The van der Waals surface area contributed by atoms with Gasteiger partial charge in [-0.3, -0.25) is 0 Å². The molecular formula is C16H15ClN4. The largest absolute Gasteiger partial charge is 0.347 e. The molecule has 0 unspecified atom stereocenters. The Bertz CT molecular complexity index is 769. The van der Waals surface area contributed by atoms with E-state index in [0.29, 0.717) is 11.0 Å². The van der Waals surface area contributed by atoms with E-state index in [9.17, 15) is 0 Å². The van der Waals surface area contributed by atoms with E-state index in [1.54, 1.807) is 0 Å². The van der Waals surface area contributed by atoms with Crippen molar-refractivity contribution in [3.8, 4) is 0 Å². The van der Waals surface area contributed by atoms with E-state index >= 15 is 0 Å². The maximum atomic E-state index is 5.92. The van der Waals surface area contributed by atoms with Crippen LogP contribution in [0.15, 0.2) is 48.5 Å². The Balaban J connectivity index is 2.09. The summed E-state index contributed by atoms with van der Waals surface area (Å²) in [5.41, 5.74) is 1.85. The SMILES string of the molecule is CN(C)c1nc(Nc2ccc(Cl)cc2)c2ccccc2n1. The second-order valence-electron chi connectivity index (χ2n) is 4.92. The number of hydrogen-bond acceptors (Lipinski definition) is 4. The Hall–Kier alpha value is -2.33. The van der Waals surface area contributed by atoms with Gasteiger partial charge in [0.15, 0.2) is 0 Å². The molecule has 2 aromatic carbocycles. The van der Waals surface area contributed by atoms with Crippen molar-refractivity contribution < 1.29 is 0 Å². The van der Waals surface area contributed by atoms with Crippen molar-refractivity contribution in [2.45, 2.75) is 0 Å². The lowest BCUT2D eigenvalue weighted by Gasteiger charge is -2.14. The van der Waals surface area contributed by atoms with Gasteiger partial charge in [0.25, 0.3) is 0 Å². The van der Waals surface area contributed by atoms with E-state index in [-0.39, 0.29) is 0 Å². The molecule has 4 nitrogen and oxygen atoms in total. The fourth-order valence-electron chi connectivity index (χ4n) is 2.03. The molecule has 1 aromatic heterocycles. The van der Waals surface area contributed by atoms with Gasteiger partial charge in [0.2, 0.25) is 5.95 Å². The summed E-state index contributed by atoms with van der Waals surface area (Å²) in [5.74, 6) is 1.46. The van der Waals surface area contributed by atoms with E-state index in [4.69, 9.17) is 11.6 Å². The third kappa shape index (κ3) is 2.90. The number of anilines is 3. The molecule has 3 rings (SSSR count). The Morgan fingerprint density at radius 3 is 2.38 bits per heavy atom. The average molecular weight is 299 g/mol. The van der Waals surface area contributed by atoms with E-state index in [1.165, 1.54) is 0 Å². The molecule has 3 aromatic rings. The van der Waals surface area contributed by atoms with E-state index in [0.717, 1.165) is 22.4 Å². The van der Waals surface area contributed by atoms with Crippen molar-refractivity contribution in [3.05, 3.63) is 53.6 Å². The highest BCUT2D eigenvalue weighted by Crippen LogP contribution is 2.26. The predicted octanol–water partition coefficient (Wildman–Crippen LogP) is 4.09. The molecule has 0 atom stereocenters. The van der Waals surface area contributed by atoms with Gasteiger partial charge in [-0.15, -0.1) is 0 Å². The molecule has 21 heavy (non-hydrogen) atoms. The molecule has 5 heteroatoms. The number of nitrogens with one attached hydrogen (secondary N) is 1. The standard InChI is InChI=1S/C16H15ClN4/c1-21(2)16-19-14-6-4-3-5-13(14)15(20-16)18-12-9-7-11(17)8-10-12/h3-10H,1-2H3,(H,18,19,20). The first kappa shape index (κ1) is 13.6. The molecule has 1 N–H and O–H groups in total. The van der Waals surface area contributed by atoms with Crippen LogP contribution >= 0.6 is 11.6 Å². The highest BCUT2D eigenvalue weighted by molar-refractivity contribution is 6.30. The van der Waals surface area contributed by atoms with Gasteiger partial charge in [-0.05, 0) is 36.4 Å². The lowest BCUT2D eigenvalue weighted by Crippen LogP contribution is -2.13. The van der Waals surface area contributed by atoms with Crippen molar-refractivity contribution in [1.82, 2.24) is 9.97 Å². The summed E-state index contributed by atoms with van der Waals surface area (Å²) in [5, 5.41) is 5.03. The first-order valence-electron chi connectivity index (χ1n) is 6.60. The summed E-state index contributed by atoms with van der Waals surface area (Å²) in [6.07, 6.45) is 0. The zero-order valence-electron chi connectivity index (χ0n) is 11.8. The van der Waals surface area contributed by atoms with Gasteiger partial charge in [-0.25, -0.2) is 4.98 Å². The summed E-state index contributed by atoms with van der Waals surface area (Å²) in [6.45, 7) is 0. The van der Waals surface area contributed by atoms with E-state index in [1.807, 2.05) is 67.5 Å². The Kier molecular flexibility index (Phi) is 3.62. The smallest absolute Gasteiger partial charge is 0.227 e. The van der Waals surface area contributed by atoms with Gasteiger partial charge in [0.1, 0.15) is 5.82 Å². The molecule has 0 bridgehead atoms. The number of nitrogens with zero attached hydrogens (tertiary/aromatic N) is 3. The quantitative estimate of drug-likeness (QED) is 0.790. The van der Waals surface area contributed by atoms with Crippen molar-refractivity contribution in [1.29, 1.82) is 0 Å². The molecule has 0 aliphatic heterocycles. The van der Waals surface area contributed by atoms with Gasteiger partial charge in [-0.1, -0.05) is 23.7 Å². The first-order chi connectivity index (χ1) is 10.1. The van der Waals surface area contributed by atoms with Crippen LogP contribution in [0.1, 0.15) is 0 Å². The summed E-state index contributed by atoms with van der Waals surface area (Å²) < 4.78 is 0. The van der Waals surface area contributed by atoms with Gasteiger partial charge in [0.05, 0.1) is 5.52 Å². The van der Waals surface area contributed by atoms with Gasteiger partial charge >= 0.3 is 0 Å². The molecule has 0 saturated heterocycles. The third-order valence-electron chi connectivity index (χ3n) is 3.10. The number of fused-ring (bicyclic) bond motifs is 1. The van der Waals surface area contributed by atoms with E-state index in [2.05, 4.69) is 15.3 Å². The maximum absolute atomic E-state index is 5.92. The topological polar surface area (TPSA) is 41.1 Å². The Morgan fingerprint density at radius 2 is 1.67 bits per heavy atom. The summed E-state index contributed by atoms with van der Waals surface area (Å²) in [4.78, 5) is 11.0. The number of aromatic nitrogens is 2. The Morgan fingerprint density at radius 1 is 0.952 bits per heavy atom. The maximum Gasteiger partial charge on any atom is 0.227 e. The van der Waals surface area contributed by atoms with Crippen LogP contribution in [0.25, 0.3) is 10.9 Å². The lowest BCUT2D eigenvalue weighted by atomic mass is 10.2. The van der Waals surface area contributed by atoms with Gasteiger partial charge in [-0.2, -0.15) is 4.98 Å². The van der Waals surface area contributed by atoms with Crippen LogP contribution in [-0.4, -0.2) is 24.1 Å². The van der Waals surface area contributed by atoms with Gasteiger partial charge in [0, 0.05) is 30.2 Å². The van der Waals surface area contributed by atoms with Crippen LogP contribution in [0, 0.1) is 0 Å². The molecule has 0 aliphatic rings.